The monoisotopic (exact) mass is 549 g/mol. The molecule has 4 rings (SSSR count). The number of nitrogens with zero attached hydrogens (tertiary/aromatic N) is 2. The van der Waals surface area contributed by atoms with Gasteiger partial charge in [-0.1, -0.05) is 12.1 Å². The molecule has 4 aromatic rings. The number of Topliss-reactive ketones (excluding diaryl/α,β-unsaturated/α-hetero) is 1. The van der Waals surface area contributed by atoms with Gasteiger partial charge in [0, 0.05) is 23.2 Å². The number of ketones is 1. The van der Waals surface area contributed by atoms with Gasteiger partial charge in [-0.3, -0.25) is 9.52 Å². The fourth-order valence-corrected chi connectivity index (χ4v) is 4.68. The van der Waals surface area contributed by atoms with Crippen molar-refractivity contribution in [2.45, 2.75) is 20.8 Å². The number of anilines is 2. The maximum atomic E-state index is 14.0. The summed E-state index contributed by atoms with van der Waals surface area (Å²) in [6.07, 6.45) is 1.07. The smallest absolute Gasteiger partial charge is 0.229 e. The molecule has 0 unspecified atom stereocenters. The minimum absolute atomic E-state index is 0.0649. The van der Waals surface area contributed by atoms with Crippen LogP contribution < -0.4 is 20.2 Å². The Bertz CT molecular complexity index is 1740. The van der Waals surface area contributed by atoms with Crippen LogP contribution in [0.15, 0.2) is 77.2 Å². The summed E-state index contributed by atoms with van der Waals surface area (Å²) < 4.78 is 45.5. The predicted molar refractivity (Wildman–Crippen MR) is 152 cm³/mol. The third kappa shape index (κ3) is 5.93. The van der Waals surface area contributed by atoms with Crippen LogP contribution in [0, 0.1) is 19.7 Å². The van der Waals surface area contributed by atoms with Gasteiger partial charge in [-0.25, -0.2) is 17.8 Å². The minimum Gasteiger partial charge on any atom is -0.454 e. The van der Waals surface area contributed by atoms with E-state index in [-0.39, 0.29) is 28.6 Å². The van der Waals surface area contributed by atoms with Crippen molar-refractivity contribution in [3.05, 3.63) is 94.7 Å². The zero-order chi connectivity index (χ0) is 28.5. The van der Waals surface area contributed by atoms with Gasteiger partial charge in [0.1, 0.15) is 11.6 Å². The number of para-hydroxylation sites is 1. The van der Waals surface area contributed by atoms with Crippen LogP contribution in [0.5, 0.6) is 11.5 Å². The van der Waals surface area contributed by atoms with E-state index in [0.717, 1.165) is 6.26 Å². The van der Waals surface area contributed by atoms with Crippen molar-refractivity contribution in [2.75, 3.05) is 16.0 Å². The Kier molecular flexibility index (Phi) is 7.46. The Morgan fingerprint density at radius 1 is 1.10 bits per heavy atom. The average molecular weight is 550 g/mol. The summed E-state index contributed by atoms with van der Waals surface area (Å²) in [6.45, 7) is 8.75. The molecular weight excluding hydrogens is 521 g/mol. The minimum atomic E-state index is -3.46. The Hall–Kier alpha value is -4.64. The highest BCUT2D eigenvalue weighted by molar-refractivity contribution is 7.92. The largest absolute Gasteiger partial charge is 0.454 e. The number of H-pyrrole nitrogens is 1. The first-order valence-corrected chi connectivity index (χ1v) is 13.7. The number of carbonyl (C=O) groups excluding carboxylic acids is 1. The van der Waals surface area contributed by atoms with E-state index in [9.17, 15) is 17.6 Å². The van der Waals surface area contributed by atoms with Crippen LogP contribution >= 0.6 is 0 Å². The second-order valence-electron chi connectivity index (χ2n) is 9.08. The van der Waals surface area contributed by atoms with E-state index in [4.69, 9.17) is 10.5 Å². The number of ether oxygens (including phenoxy) is 1. The van der Waals surface area contributed by atoms with E-state index in [2.05, 4.69) is 21.5 Å². The highest BCUT2D eigenvalue weighted by Gasteiger charge is 2.20. The van der Waals surface area contributed by atoms with E-state index in [0.29, 0.717) is 39.2 Å². The van der Waals surface area contributed by atoms with Crippen LogP contribution in [-0.2, 0) is 10.0 Å². The molecule has 1 heterocycles. The molecule has 0 radical (unpaired) electrons. The molecule has 0 aliphatic carbocycles. The fourth-order valence-electron chi connectivity index (χ4n) is 4.06. The summed E-state index contributed by atoms with van der Waals surface area (Å²) in [5.74, 6) is -0.277. The normalized spacial score (nSPS) is 12.1. The molecule has 202 valence electrons. The van der Waals surface area contributed by atoms with Gasteiger partial charge in [0.25, 0.3) is 0 Å². The first-order valence-electron chi connectivity index (χ1n) is 11.8. The number of aromatic amines is 1. The molecule has 11 heteroatoms. The van der Waals surface area contributed by atoms with Crippen molar-refractivity contribution in [3.63, 3.8) is 0 Å². The molecule has 0 saturated carbocycles. The average Bonchev–Trinajstić information content (AvgIpc) is 3.28. The lowest BCUT2D eigenvalue weighted by Gasteiger charge is -2.22. The summed E-state index contributed by atoms with van der Waals surface area (Å²) in [6, 6.07) is 16.2. The number of hydrogen-bond donors (Lipinski definition) is 3. The van der Waals surface area contributed by atoms with Crippen molar-refractivity contribution < 1.29 is 22.3 Å². The molecule has 39 heavy (non-hydrogen) atoms. The maximum absolute atomic E-state index is 14.0. The number of benzene rings is 3. The highest BCUT2D eigenvalue weighted by Crippen LogP contribution is 2.31. The SMILES string of the molecule is C=NN(/C(N)=C(\C)C(=O)c1cc2cc(NS(C)(=O)=O)c(C)cc2[nH]1)c1ccc(Oc2ccccc2F)cc1C. The van der Waals surface area contributed by atoms with Crippen LogP contribution in [-0.4, -0.2) is 32.2 Å². The number of hydrazone groups is 1. The highest BCUT2D eigenvalue weighted by atomic mass is 32.2. The third-order valence-electron chi connectivity index (χ3n) is 6.06. The standard InChI is InChI=1S/C28H28FN5O4S/c1-16-13-23-19(14-22(16)33-39(5,36)37)15-24(32-23)27(35)18(3)28(30)34(31-4)25-11-10-20(12-17(25)2)38-26-9-7-6-8-21(26)29/h6-15,32-33H,4,30H2,1-3,5H3/b28-18+. The molecule has 0 aliphatic rings. The number of nitrogens with one attached hydrogen (secondary N) is 2. The molecule has 0 saturated heterocycles. The van der Waals surface area contributed by atoms with Crippen LogP contribution in [0.4, 0.5) is 15.8 Å². The van der Waals surface area contributed by atoms with Crippen molar-refractivity contribution in [1.82, 2.24) is 4.98 Å². The quantitative estimate of drug-likeness (QED) is 0.108. The lowest BCUT2D eigenvalue weighted by atomic mass is 10.1. The van der Waals surface area contributed by atoms with Gasteiger partial charge in [0.2, 0.25) is 15.8 Å². The van der Waals surface area contributed by atoms with Gasteiger partial charge >= 0.3 is 0 Å². The number of sulfonamides is 1. The number of fused-ring (bicyclic) bond motifs is 1. The second-order valence-corrected chi connectivity index (χ2v) is 10.8. The summed E-state index contributed by atoms with van der Waals surface area (Å²) >= 11 is 0. The van der Waals surface area contributed by atoms with Gasteiger partial charge in [-0.05, 0) is 80.4 Å². The van der Waals surface area contributed by atoms with E-state index < -0.39 is 15.8 Å². The van der Waals surface area contributed by atoms with Gasteiger partial charge in [-0.2, -0.15) is 5.10 Å². The Balaban J connectivity index is 1.63. The lowest BCUT2D eigenvalue weighted by Crippen LogP contribution is -2.26. The Morgan fingerprint density at radius 2 is 1.82 bits per heavy atom. The molecule has 3 aromatic carbocycles. The molecule has 0 bridgehead atoms. The number of allylic oxidation sites excluding steroid dienone is 1. The van der Waals surface area contributed by atoms with Crippen molar-refractivity contribution in [3.8, 4) is 11.5 Å². The molecule has 4 N–H and O–H groups in total. The van der Waals surface area contributed by atoms with E-state index in [1.807, 2.05) is 0 Å². The molecule has 1 aromatic heterocycles. The van der Waals surface area contributed by atoms with Crippen LogP contribution in [0.2, 0.25) is 0 Å². The number of halogens is 1. The van der Waals surface area contributed by atoms with Crippen LogP contribution in [0.25, 0.3) is 10.9 Å². The lowest BCUT2D eigenvalue weighted by molar-refractivity contribution is 0.102. The maximum Gasteiger partial charge on any atom is 0.229 e. The van der Waals surface area contributed by atoms with E-state index >= 15 is 0 Å². The topological polar surface area (TPSA) is 130 Å². The van der Waals surface area contributed by atoms with Gasteiger partial charge in [0.05, 0.1) is 23.3 Å². The third-order valence-corrected chi connectivity index (χ3v) is 6.65. The number of carbonyl (C=O) groups is 1. The molecular formula is C28H28FN5O4S. The number of hydrogen-bond acceptors (Lipinski definition) is 7. The summed E-state index contributed by atoms with van der Waals surface area (Å²) in [7, 11) is -3.46. The zero-order valence-corrected chi connectivity index (χ0v) is 22.7. The predicted octanol–water partition coefficient (Wildman–Crippen LogP) is 5.58. The number of rotatable bonds is 9. The number of aryl methyl sites for hydroxylation is 2. The summed E-state index contributed by atoms with van der Waals surface area (Å²) in [5.41, 5.74) is 9.92. The van der Waals surface area contributed by atoms with E-state index in [1.54, 1.807) is 69.3 Å². The number of aromatic nitrogens is 1. The van der Waals surface area contributed by atoms with Gasteiger partial charge in [-0.15, -0.1) is 0 Å². The van der Waals surface area contributed by atoms with Crippen molar-refractivity contribution in [1.29, 1.82) is 0 Å². The molecule has 0 fully saturated rings. The van der Waals surface area contributed by atoms with Gasteiger partial charge < -0.3 is 15.5 Å². The molecule has 0 aliphatic heterocycles. The zero-order valence-electron chi connectivity index (χ0n) is 21.9. The summed E-state index contributed by atoms with van der Waals surface area (Å²) in [4.78, 5) is 16.4. The summed E-state index contributed by atoms with van der Waals surface area (Å²) in [5, 5.41) is 6.01. The van der Waals surface area contributed by atoms with Crippen molar-refractivity contribution >= 4 is 44.8 Å². The Labute approximate surface area is 225 Å². The Morgan fingerprint density at radius 3 is 2.46 bits per heavy atom. The molecule has 0 amide bonds. The van der Waals surface area contributed by atoms with Crippen molar-refractivity contribution in [2.24, 2.45) is 10.8 Å². The fraction of sp³-hybridized carbons (Fsp3) is 0.143. The number of nitrogens with two attached hydrogens (primary N) is 1. The second kappa shape index (κ2) is 10.6. The van der Waals surface area contributed by atoms with Crippen LogP contribution in [0.3, 0.4) is 0 Å². The molecule has 0 spiro atoms. The van der Waals surface area contributed by atoms with E-state index in [1.165, 1.54) is 17.1 Å². The first-order chi connectivity index (χ1) is 18.4. The first kappa shape index (κ1) is 27.4. The van der Waals surface area contributed by atoms with Gasteiger partial charge in [0.15, 0.2) is 11.6 Å². The molecule has 9 nitrogen and oxygen atoms in total. The van der Waals surface area contributed by atoms with Crippen LogP contribution in [0.1, 0.15) is 28.5 Å². The molecule has 0 atom stereocenters.